The molecule has 3 aromatic carbocycles. The average Bonchev–Trinajstić information content (AvgIpc) is 3.42. The van der Waals surface area contributed by atoms with E-state index in [1.165, 1.54) is 18.2 Å². The smallest absolute Gasteiger partial charge is 0.257 e. The molecule has 36 heavy (non-hydrogen) atoms. The molecule has 1 fully saturated rings. The topological polar surface area (TPSA) is 84.2 Å². The summed E-state index contributed by atoms with van der Waals surface area (Å²) in [4.78, 5) is 25.7. The van der Waals surface area contributed by atoms with Gasteiger partial charge in [-0.1, -0.05) is 52.3 Å². The maximum absolute atomic E-state index is 14.2. The van der Waals surface area contributed by atoms with E-state index in [0.717, 1.165) is 27.7 Å². The average molecular weight is 616 g/mol. The highest BCUT2D eigenvalue weighted by molar-refractivity contribution is 9.10. The predicted molar refractivity (Wildman–Crippen MR) is 144 cm³/mol. The fourth-order valence-corrected chi connectivity index (χ4v) is 5.41. The molecular weight excluding hydrogens is 599 g/mol. The molecule has 2 amide bonds. The predicted octanol–water partition coefficient (Wildman–Crippen LogP) is 7.38. The lowest BCUT2D eigenvalue weighted by Gasteiger charge is -2.11. The maximum Gasteiger partial charge on any atom is 0.257 e. The van der Waals surface area contributed by atoms with Gasteiger partial charge in [-0.2, -0.15) is 0 Å². The molecule has 0 heterocycles. The highest BCUT2D eigenvalue weighted by Gasteiger charge is 2.67. The summed E-state index contributed by atoms with van der Waals surface area (Å²) < 4.78 is 27.1. The summed E-state index contributed by atoms with van der Waals surface area (Å²) in [7, 11) is 0. The van der Waals surface area contributed by atoms with Gasteiger partial charge in [0, 0.05) is 16.1 Å². The van der Waals surface area contributed by atoms with Gasteiger partial charge in [0.05, 0.1) is 22.2 Å². The van der Waals surface area contributed by atoms with Crippen LogP contribution in [0, 0.1) is 17.6 Å². The van der Waals surface area contributed by atoms with Gasteiger partial charge in [-0.25, -0.2) is 8.78 Å². The Morgan fingerprint density at radius 3 is 2.47 bits per heavy atom. The van der Waals surface area contributed by atoms with Gasteiger partial charge in [-0.05, 0) is 47.5 Å². The van der Waals surface area contributed by atoms with E-state index in [-0.39, 0.29) is 22.0 Å². The summed E-state index contributed by atoms with van der Waals surface area (Å²) in [6.07, 6.45) is 1.69. The molecule has 0 aliphatic heterocycles. The van der Waals surface area contributed by atoms with Gasteiger partial charge >= 0.3 is 0 Å². The van der Waals surface area contributed by atoms with E-state index in [1.54, 1.807) is 6.08 Å². The van der Waals surface area contributed by atoms with Crippen molar-refractivity contribution in [2.45, 2.75) is 10.3 Å². The Kier molecular flexibility index (Phi) is 7.35. The normalized spacial score (nSPS) is 17.8. The van der Waals surface area contributed by atoms with Crippen LogP contribution in [0.3, 0.4) is 0 Å². The molecule has 0 spiro atoms. The van der Waals surface area contributed by atoms with Crippen molar-refractivity contribution in [3.8, 4) is 0 Å². The summed E-state index contributed by atoms with van der Waals surface area (Å²) in [6, 6.07) is 11.7. The number of halogens is 6. The Morgan fingerprint density at radius 2 is 1.81 bits per heavy atom. The first kappa shape index (κ1) is 26.4. The Balaban J connectivity index is 1.52. The number of benzene rings is 3. The number of nitrogens with two attached hydrogens (primary N) is 1. The lowest BCUT2D eigenvalue weighted by molar-refractivity contribution is -0.117. The van der Waals surface area contributed by atoms with Crippen LogP contribution >= 0.6 is 50.7 Å². The fraction of sp³-hybridized carbons (Fsp3) is 0.120. The number of amides is 2. The number of carbonyl (C=O) groups excluding carboxylic acids is 2. The number of carbonyl (C=O) groups is 2. The highest BCUT2D eigenvalue weighted by atomic mass is 79.9. The third-order valence-corrected chi connectivity index (χ3v) is 7.75. The summed E-state index contributed by atoms with van der Waals surface area (Å²) >= 11 is 22.5. The summed E-state index contributed by atoms with van der Waals surface area (Å²) in [5.41, 5.74) is 6.12. The molecule has 0 radical (unpaired) electrons. The standard InChI is InChI=1S/C25H17BrCl3F2N3O2/c1-2-11-3-4-12(9-15(11)26)19-20(25(19,28)29)24(36)33-13-5-6-16(27)14(10-13)23(35)34-18-8-7-17(30)22(32)21(18)31/h2-10,19-20H,1,32H2,(H,33,36)(H,34,35). The number of hydrogen-bond acceptors (Lipinski definition) is 3. The van der Waals surface area contributed by atoms with Crippen LogP contribution in [0.25, 0.3) is 6.08 Å². The van der Waals surface area contributed by atoms with Crippen LogP contribution in [0.2, 0.25) is 5.02 Å². The zero-order chi connectivity index (χ0) is 26.4. The number of rotatable bonds is 6. The van der Waals surface area contributed by atoms with E-state index in [4.69, 9.17) is 40.5 Å². The first-order chi connectivity index (χ1) is 16.9. The van der Waals surface area contributed by atoms with Crippen molar-refractivity contribution in [2.24, 2.45) is 5.92 Å². The molecule has 4 rings (SSSR count). The van der Waals surface area contributed by atoms with Crippen LogP contribution in [0.1, 0.15) is 27.4 Å². The van der Waals surface area contributed by atoms with Gasteiger partial charge in [0.1, 0.15) is 15.8 Å². The van der Waals surface area contributed by atoms with E-state index in [2.05, 4.69) is 33.1 Å². The molecule has 0 aromatic heterocycles. The van der Waals surface area contributed by atoms with Crippen molar-refractivity contribution in [1.29, 1.82) is 0 Å². The Morgan fingerprint density at radius 1 is 1.08 bits per heavy atom. The third kappa shape index (κ3) is 4.95. The first-order valence-corrected chi connectivity index (χ1v) is 12.3. The quantitative estimate of drug-likeness (QED) is 0.200. The molecule has 4 N–H and O–H groups in total. The first-order valence-electron chi connectivity index (χ1n) is 10.4. The zero-order valence-electron chi connectivity index (χ0n) is 18.2. The number of alkyl halides is 2. The van der Waals surface area contributed by atoms with Gasteiger partial charge in [0.25, 0.3) is 5.91 Å². The lowest BCUT2D eigenvalue weighted by Crippen LogP contribution is -2.18. The molecule has 1 aliphatic carbocycles. The molecular formula is C25H17BrCl3F2N3O2. The fourth-order valence-electron chi connectivity index (χ4n) is 3.82. The molecule has 1 aliphatic rings. The molecule has 3 aromatic rings. The number of nitrogen functional groups attached to an aromatic ring is 1. The van der Waals surface area contributed by atoms with Crippen molar-refractivity contribution in [2.75, 3.05) is 16.4 Å². The second-order valence-electron chi connectivity index (χ2n) is 8.08. The maximum atomic E-state index is 14.2. The van der Waals surface area contributed by atoms with Gasteiger partial charge in [-0.15, -0.1) is 23.2 Å². The summed E-state index contributed by atoms with van der Waals surface area (Å²) in [5.74, 6) is -4.53. The molecule has 2 unspecified atom stereocenters. The van der Waals surface area contributed by atoms with Crippen LogP contribution in [-0.4, -0.2) is 16.1 Å². The van der Waals surface area contributed by atoms with E-state index >= 15 is 0 Å². The minimum Gasteiger partial charge on any atom is -0.394 e. The van der Waals surface area contributed by atoms with Crippen LogP contribution in [0.5, 0.6) is 0 Å². The second-order valence-corrected chi connectivity index (χ2v) is 10.8. The Hall–Kier alpha value is -2.65. The zero-order valence-corrected chi connectivity index (χ0v) is 22.1. The van der Waals surface area contributed by atoms with Crippen LogP contribution in [0.4, 0.5) is 25.8 Å². The van der Waals surface area contributed by atoms with E-state index in [0.29, 0.717) is 0 Å². The highest BCUT2D eigenvalue weighted by Crippen LogP contribution is 2.65. The van der Waals surface area contributed by atoms with E-state index < -0.39 is 45.3 Å². The van der Waals surface area contributed by atoms with Crippen LogP contribution in [0.15, 0.2) is 59.6 Å². The van der Waals surface area contributed by atoms with Crippen molar-refractivity contribution >= 4 is 85.7 Å². The Labute approximate surface area is 228 Å². The van der Waals surface area contributed by atoms with E-state index in [1.807, 2.05) is 18.2 Å². The number of nitrogens with one attached hydrogen (secondary N) is 2. The molecule has 1 saturated carbocycles. The summed E-state index contributed by atoms with van der Waals surface area (Å²) in [6.45, 7) is 3.74. The van der Waals surface area contributed by atoms with Crippen molar-refractivity contribution < 1.29 is 18.4 Å². The minimum atomic E-state index is -1.33. The monoisotopic (exact) mass is 613 g/mol. The van der Waals surface area contributed by atoms with Gasteiger partial charge in [0.2, 0.25) is 5.91 Å². The number of hydrogen-bond donors (Lipinski definition) is 3. The van der Waals surface area contributed by atoms with Crippen LogP contribution in [-0.2, 0) is 4.79 Å². The van der Waals surface area contributed by atoms with Crippen LogP contribution < -0.4 is 16.4 Å². The minimum absolute atomic E-state index is 0.0430. The summed E-state index contributed by atoms with van der Waals surface area (Å²) in [5, 5.41) is 5.03. The Bertz CT molecular complexity index is 1420. The SMILES string of the molecule is C=Cc1ccc(C2C(C(=O)Nc3ccc(Cl)c(C(=O)Nc4ccc(F)c(N)c4F)c3)C2(Cl)Cl)cc1Br. The molecule has 2 atom stereocenters. The van der Waals surface area contributed by atoms with Crippen molar-refractivity contribution in [3.05, 3.63) is 92.9 Å². The molecule has 0 bridgehead atoms. The number of anilines is 3. The molecule has 186 valence electrons. The van der Waals surface area contributed by atoms with Crippen molar-refractivity contribution in [3.63, 3.8) is 0 Å². The second kappa shape index (κ2) is 10.0. The van der Waals surface area contributed by atoms with E-state index in [9.17, 15) is 18.4 Å². The van der Waals surface area contributed by atoms with Gasteiger partial charge in [0.15, 0.2) is 5.82 Å². The molecule has 5 nitrogen and oxygen atoms in total. The third-order valence-electron chi connectivity index (χ3n) is 5.79. The van der Waals surface area contributed by atoms with Crippen molar-refractivity contribution in [1.82, 2.24) is 0 Å². The largest absolute Gasteiger partial charge is 0.394 e. The lowest BCUT2D eigenvalue weighted by atomic mass is 10.1. The molecule has 11 heteroatoms. The van der Waals surface area contributed by atoms with Gasteiger partial charge < -0.3 is 16.4 Å². The van der Waals surface area contributed by atoms with Gasteiger partial charge in [-0.3, -0.25) is 9.59 Å². The molecule has 0 saturated heterocycles.